The highest BCUT2D eigenvalue weighted by molar-refractivity contribution is 7.98. The van der Waals surface area contributed by atoms with E-state index < -0.39 is 66.9 Å². The molecular weight excluding hydrogens is 446 g/mol. The number of aliphatic carboxylic acids is 2. The molecule has 3 amide bonds. The zero-order chi connectivity index (χ0) is 24.7. The minimum atomic E-state index is -1.69. The van der Waals surface area contributed by atoms with Crippen LogP contribution in [0.3, 0.4) is 0 Å². The van der Waals surface area contributed by atoms with Crippen LogP contribution in [0.1, 0.15) is 32.1 Å². The number of nitrogens with one attached hydrogen (secondary N) is 3. The van der Waals surface area contributed by atoms with Gasteiger partial charge in [-0.05, 0) is 37.8 Å². The fraction of sp³-hybridized carbons (Fsp3) is 0.722. The van der Waals surface area contributed by atoms with Gasteiger partial charge in [0.25, 0.3) is 0 Å². The Morgan fingerprint density at radius 2 is 1.44 bits per heavy atom. The van der Waals surface area contributed by atoms with Crippen LogP contribution in [0.25, 0.3) is 0 Å². The molecule has 0 saturated heterocycles. The van der Waals surface area contributed by atoms with Crippen LogP contribution in [0, 0.1) is 0 Å². The van der Waals surface area contributed by atoms with E-state index in [-0.39, 0.29) is 6.42 Å². The Morgan fingerprint density at radius 1 is 0.875 bits per heavy atom. The summed E-state index contributed by atoms with van der Waals surface area (Å²) in [4.78, 5) is 59.2. The average molecular weight is 480 g/mol. The minimum absolute atomic E-state index is 0.100. The molecule has 0 aliphatic carbocycles. The second-order valence-electron chi connectivity index (χ2n) is 6.97. The highest BCUT2D eigenvalue weighted by Crippen LogP contribution is 2.04. The summed E-state index contributed by atoms with van der Waals surface area (Å²) in [6.07, 6.45) is 2.63. The number of aliphatic hydroxyl groups excluding tert-OH is 1. The first-order chi connectivity index (χ1) is 15.1. The zero-order valence-corrected chi connectivity index (χ0v) is 18.7. The van der Waals surface area contributed by atoms with Gasteiger partial charge in [-0.25, -0.2) is 4.79 Å². The Hall–Kier alpha value is -2.42. The lowest BCUT2D eigenvalue weighted by Gasteiger charge is -2.24. The standard InChI is InChI=1S/C18H33N5O8S/c1-32-7-5-11(16(28)22-12(18(30)31)8-14(25)26)21-17(29)13(9-24)23-15(27)10(20)4-2-3-6-19/h10-13,24H,2-9,19-20H2,1H3,(H,21,29)(H,22,28)(H,23,27)(H,25,26)(H,30,31). The lowest BCUT2D eigenvalue weighted by molar-refractivity contribution is -0.147. The molecule has 0 aromatic rings. The molecule has 0 aliphatic rings. The fourth-order valence-electron chi connectivity index (χ4n) is 2.54. The molecule has 14 heteroatoms. The second-order valence-corrected chi connectivity index (χ2v) is 7.96. The number of carboxylic acid groups (broad SMARTS) is 2. The van der Waals surface area contributed by atoms with Gasteiger partial charge in [0.05, 0.1) is 19.1 Å². The molecule has 0 heterocycles. The lowest BCUT2D eigenvalue weighted by Crippen LogP contribution is -2.58. The summed E-state index contributed by atoms with van der Waals surface area (Å²) in [5, 5.41) is 34.2. The summed E-state index contributed by atoms with van der Waals surface area (Å²) < 4.78 is 0. The van der Waals surface area contributed by atoms with Crippen molar-refractivity contribution in [1.29, 1.82) is 0 Å². The number of nitrogens with two attached hydrogens (primary N) is 2. The smallest absolute Gasteiger partial charge is 0.326 e. The Morgan fingerprint density at radius 3 is 1.94 bits per heavy atom. The first kappa shape index (κ1) is 29.6. The first-order valence-electron chi connectivity index (χ1n) is 9.98. The maximum absolute atomic E-state index is 12.5. The number of carbonyl (C=O) groups excluding carboxylic acids is 3. The molecule has 32 heavy (non-hydrogen) atoms. The van der Waals surface area contributed by atoms with E-state index in [2.05, 4.69) is 16.0 Å². The molecule has 0 saturated carbocycles. The largest absolute Gasteiger partial charge is 0.481 e. The van der Waals surface area contributed by atoms with E-state index in [0.29, 0.717) is 31.6 Å². The maximum Gasteiger partial charge on any atom is 0.326 e. The van der Waals surface area contributed by atoms with Crippen LogP contribution in [0.15, 0.2) is 0 Å². The van der Waals surface area contributed by atoms with Crippen molar-refractivity contribution in [3.05, 3.63) is 0 Å². The predicted molar refractivity (Wildman–Crippen MR) is 117 cm³/mol. The van der Waals surface area contributed by atoms with Gasteiger partial charge < -0.3 is 42.7 Å². The van der Waals surface area contributed by atoms with Crippen LogP contribution in [0.4, 0.5) is 0 Å². The number of rotatable bonds is 17. The van der Waals surface area contributed by atoms with Crippen molar-refractivity contribution in [1.82, 2.24) is 16.0 Å². The molecule has 4 unspecified atom stereocenters. The van der Waals surface area contributed by atoms with E-state index in [4.69, 9.17) is 21.7 Å². The molecule has 0 bridgehead atoms. The number of amides is 3. The SMILES string of the molecule is CSCCC(NC(=O)C(CO)NC(=O)C(N)CCCCN)C(=O)NC(CC(=O)O)C(=O)O. The Kier molecular flexibility index (Phi) is 15.0. The molecule has 0 fully saturated rings. The topological polar surface area (TPSA) is 234 Å². The highest BCUT2D eigenvalue weighted by atomic mass is 32.2. The summed E-state index contributed by atoms with van der Waals surface area (Å²) in [7, 11) is 0. The summed E-state index contributed by atoms with van der Waals surface area (Å²) in [5.41, 5.74) is 11.1. The number of hydrogen-bond acceptors (Lipinski definition) is 9. The van der Waals surface area contributed by atoms with Crippen molar-refractivity contribution in [2.24, 2.45) is 11.5 Å². The van der Waals surface area contributed by atoms with Crippen LogP contribution in [-0.2, 0) is 24.0 Å². The van der Waals surface area contributed by atoms with Gasteiger partial charge >= 0.3 is 11.9 Å². The van der Waals surface area contributed by atoms with Gasteiger partial charge in [-0.2, -0.15) is 11.8 Å². The third-order valence-electron chi connectivity index (χ3n) is 4.36. The van der Waals surface area contributed by atoms with Gasteiger partial charge in [0.2, 0.25) is 17.7 Å². The number of unbranched alkanes of at least 4 members (excludes halogenated alkanes) is 1. The number of carboxylic acids is 2. The highest BCUT2D eigenvalue weighted by Gasteiger charge is 2.30. The molecule has 0 radical (unpaired) electrons. The van der Waals surface area contributed by atoms with Gasteiger partial charge in [-0.15, -0.1) is 0 Å². The van der Waals surface area contributed by atoms with Gasteiger partial charge in [0.1, 0.15) is 18.1 Å². The lowest BCUT2D eigenvalue weighted by atomic mass is 10.1. The molecule has 0 aromatic heterocycles. The molecule has 4 atom stereocenters. The van der Waals surface area contributed by atoms with Crippen LogP contribution < -0.4 is 27.4 Å². The van der Waals surface area contributed by atoms with E-state index in [0.717, 1.165) is 0 Å². The minimum Gasteiger partial charge on any atom is -0.481 e. The molecule has 0 aliphatic heterocycles. The Balaban J connectivity index is 5.14. The molecule has 13 nitrogen and oxygen atoms in total. The normalized spacial score (nSPS) is 14.5. The van der Waals surface area contributed by atoms with E-state index in [1.807, 2.05) is 0 Å². The number of hydrogen-bond donors (Lipinski definition) is 8. The van der Waals surface area contributed by atoms with Crippen molar-refractivity contribution in [2.45, 2.75) is 56.3 Å². The molecule has 0 rings (SSSR count). The van der Waals surface area contributed by atoms with E-state index in [1.165, 1.54) is 11.8 Å². The van der Waals surface area contributed by atoms with Crippen molar-refractivity contribution >= 4 is 41.4 Å². The quantitative estimate of drug-likeness (QED) is 0.0992. The van der Waals surface area contributed by atoms with E-state index >= 15 is 0 Å². The molecule has 0 spiro atoms. The maximum atomic E-state index is 12.5. The monoisotopic (exact) mass is 479 g/mol. The van der Waals surface area contributed by atoms with Gasteiger partial charge in [0.15, 0.2) is 0 Å². The van der Waals surface area contributed by atoms with Crippen molar-refractivity contribution < 1.29 is 39.3 Å². The third kappa shape index (κ3) is 11.8. The van der Waals surface area contributed by atoms with Crippen LogP contribution in [0.2, 0.25) is 0 Å². The fourth-order valence-corrected chi connectivity index (χ4v) is 3.01. The first-order valence-corrected chi connectivity index (χ1v) is 11.4. The van der Waals surface area contributed by atoms with Gasteiger partial charge in [-0.3, -0.25) is 19.2 Å². The Bertz CT molecular complexity index is 651. The third-order valence-corrected chi connectivity index (χ3v) is 5.00. The van der Waals surface area contributed by atoms with Crippen molar-refractivity contribution in [3.63, 3.8) is 0 Å². The Labute approximate surface area is 190 Å². The predicted octanol–water partition coefficient (Wildman–Crippen LogP) is -2.80. The van der Waals surface area contributed by atoms with Gasteiger partial charge in [0, 0.05) is 0 Å². The number of aliphatic hydroxyl groups is 1. The number of carbonyl (C=O) groups is 5. The molecule has 0 aromatic carbocycles. The number of thioether (sulfide) groups is 1. The van der Waals surface area contributed by atoms with E-state index in [1.54, 1.807) is 6.26 Å². The molecular formula is C18H33N5O8S. The summed E-state index contributed by atoms with van der Waals surface area (Å²) >= 11 is 1.36. The summed E-state index contributed by atoms with van der Waals surface area (Å²) in [6.45, 7) is -0.314. The van der Waals surface area contributed by atoms with Crippen molar-refractivity contribution in [2.75, 3.05) is 25.2 Å². The molecule has 184 valence electrons. The summed E-state index contributed by atoms with van der Waals surface area (Å²) in [5.74, 6) is -4.98. The summed E-state index contributed by atoms with van der Waals surface area (Å²) in [6, 6.07) is -5.20. The van der Waals surface area contributed by atoms with Gasteiger partial charge in [-0.1, -0.05) is 6.42 Å². The van der Waals surface area contributed by atoms with E-state index in [9.17, 15) is 29.1 Å². The zero-order valence-electron chi connectivity index (χ0n) is 17.9. The average Bonchev–Trinajstić information content (AvgIpc) is 2.73. The second kappa shape index (κ2) is 16.2. The molecule has 10 N–H and O–H groups in total. The van der Waals surface area contributed by atoms with Crippen LogP contribution >= 0.6 is 11.8 Å². The van der Waals surface area contributed by atoms with Crippen LogP contribution in [-0.4, -0.2) is 94.3 Å². The van der Waals surface area contributed by atoms with Crippen molar-refractivity contribution in [3.8, 4) is 0 Å². The van der Waals surface area contributed by atoms with Crippen LogP contribution in [0.5, 0.6) is 0 Å².